The van der Waals surface area contributed by atoms with Crippen molar-refractivity contribution in [2.45, 2.75) is 6.92 Å². The zero-order valence-corrected chi connectivity index (χ0v) is 11.3. The van der Waals surface area contributed by atoms with E-state index in [1.54, 1.807) is 24.3 Å². The van der Waals surface area contributed by atoms with Crippen LogP contribution in [-0.4, -0.2) is 18.4 Å². The molecule has 0 bridgehead atoms. The van der Waals surface area contributed by atoms with Crippen LogP contribution in [0.1, 0.15) is 17.3 Å². The lowest BCUT2D eigenvalue weighted by Crippen LogP contribution is -2.18. The number of para-hydroxylation sites is 1. The Morgan fingerprint density at radius 1 is 1.10 bits per heavy atom. The Morgan fingerprint density at radius 3 is 2.57 bits per heavy atom. The molecule has 0 aliphatic carbocycles. The molecule has 4 nitrogen and oxygen atoms in total. The molecule has 0 atom stereocenters. The van der Waals surface area contributed by atoms with Crippen molar-refractivity contribution in [2.75, 3.05) is 6.61 Å². The topological polar surface area (TPSA) is 52.6 Å². The van der Waals surface area contributed by atoms with E-state index >= 15 is 0 Å². The van der Waals surface area contributed by atoms with Gasteiger partial charge in [-0.2, -0.15) is 0 Å². The third-order valence-electron chi connectivity index (χ3n) is 2.66. The molecule has 21 heavy (non-hydrogen) atoms. The minimum absolute atomic E-state index is 0.102. The van der Waals surface area contributed by atoms with Gasteiger partial charge in [0.05, 0.1) is 0 Å². The summed E-state index contributed by atoms with van der Waals surface area (Å²) in [6.45, 7) is 1.06. The van der Waals surface area contributed by atoms with Gasteiger partial charge in [0.1, 0.15) is 5.75 Å². The van der Waals surface area contributed by atoms with Gasteiger partial charge in [0.2, 0.25) is 0 Å². The number of Topliss-reactive ketones (excluding diaryl/α,β-unsaturated/α-hetero) is 1. The quantitative estimate of drug-likeness (QED) is 0.482. The van der Waals surface area contributed by atoms with Crippen LogP contribution in [0.25, 0.3) is 0 Å². The van der Waals surface area contributed by atoms with E-state index in [0.717, 1.165) is 0 Å². The highest BCUT2D eigenvalue weighted by molar-refractivity contribution is 5.94. The van der Waals surface area contributed by atoms with Gasteiger partial charge in [-0.25, -0.2) is 9.18 Å². The Hall–Kier alpha value is -2.69. The highest BCUT2D eigenvalue weighted by atomic mass is 19.1. The molecular weight excluding hydrogens is 275 g/mol. The van der Waals surface area contributed by atoms with E-state index in [0.29, 0.717) is 11.3 Å². The molecule has 2 aromatic carbocycles. The van der Waals surface area contributed by atoms with Crippen LogP contribution in [0.5, 0.6) is 11.5 Å². The molecule has 0 aliphatic rings. The van der Waals surface area contributed by atoms with Gasteiger partial charge in [-0.05, 0) is 31.2 Å². The SMILES string of the molecule is CC(=O)c1cccc(OCC(=O)Oc2ccccc2F)c1. The fourth-order valence-electron chi connectivity index (χ4n) is 1.63. The Balaban J connectivity index is 1.94. The number of ether oxygens (including phenoxy) is 2. The van der Waals surface area contributed by atoms with Gasteiger partial charge in [-0.1, -0.05) is 24.3 Å². The lowest BCUT2D eigenvalue weighted by molar-refractivity contribution is -0.136. The Labute approximate surface area is 121 Å². The van der Waals surface area contributed by atoms with Crippen molar-refractivity contribution < 1.29 is 23.5 Å². The van der Waals surface area contributed by atoms with E-state index in [2.05, 4.69) is 0 Å². The first-order valence-corrected chi connectivity index (χ1v) is 6.25. The van der Waals surface area contributed by atoms with Crippen LogP contribution >= 0.6 is 0 Å². The highest BCUT2D eigenvalue weighted by Gasteiger charge is 2.10. The first-order chi connectivity index (χ1) is 10.1. The summed E-state index contributed by atoms with van der Waals surface area (Å²) in [5, 5.41) is 0. The predicted octanol–water partition coefficient (Wildman–Crippen LogP) is 3.01. The summed E-state index contributed by atoms with van der Waals surface area (Å²) in [5.41, 5.74) is 0.481. The molecule has 0 saturated heterocycles. The van der Waals surface area contributed by atoms with Crippen molar-refractivity contribution in [2.24, 2.45) is 0 Å². The normalized spacial score (nSPS) is 10.0. The fourth-order valence-corrected chi connectivity index (χ4v) is 1.63. The zero-order chi connectivity index (χ0) is 15.2. The monoisotopic (exact) mass is 288 g/mol. The fraction of sp³-hybridized carbons (Fsp3) is 0.125. The smallest absolute Gasteiger partial charge is 0.349 e. The number of esters is 1. The summed E-state index contributed by atoms with van der Waals surface area (Å²) >= 11 is 0. The second-order valence-corrected chi connectivity index (χ2v) is 4.28. The van der Waals surface area contributed by atoms with Gasteiger partial charge in [0.15, 0.2) is 24.0 Å². The maximum absolute atomic E-state index is 13.3. The van der Waals surface area contributed by atoms with Crippen molar-refractivity contribution >= 4 is 11.8 Å². The minimum atomic E-state index is -0.728. The molecule has 108 valence electrons. The third-order valence-corrected chi connectivity index (χ3v) is 2.66. The summed E-state index contributed by atoms with van der Waals surface area (Å²) in [6.07, 6.45) is 0. The van der Waals surface area contributed by atoms with E-state index in [4.69, 9.17) is 9.47 Å². The van der Waals surface area contributed by atoms with Crippen LogP contribution in [0.15, 0.2) is 48.5 Å². The van der Waals surface area contributed by atoms with Crippen molar-refractivity contribution in [3.8, 4) is 11.5 Å². The number of benzene rings is 2. The molecule has 0 aromatic heterocycles. The standard InChI is InChI=1S/C16H13FO4/c1-11(18)12-5-4-6-13(9-12)20-10-16(19)21-15-8-3-2-7-14(15)17/h2-9H,10H2,1H3. The van der Waals surface area contributed by atoms with Crippen molar-refractivity contribution in [3.05, 3.63) is 59.9 Å². The second kappa shape index (κ2) is 6.65. The number of halogens is 1. The Bertz CT molecular complexity index is 667. The molecule has 5 heteroatoms. The van der Waals surface area contributed by atoms with E-state index < -0.39 is 11.8 Å². The van der Waals surface area contributed by atoms with Gasteiger partial charge >= 0.3 is 5.97 Å². The van der Waals surface area contributed by atoms with Crippen molar-refractivity contribution in [3.63, 3.8) is 0 Å². The highest BCUT2D eigenvalue weighted by Crippen LogP contribution is 2.16. The molecule has 0 saturated carbocycles. The van der Waals surface area contributed by atoms with Gasteiger partial charge in [-0.15, -0.1) is 0 Å². The summed E-state index contributed by atoms with van der Waals surface area (Å²) in [6, 6.07) is 12.0. The molecule has 0 fully saturated rings. The third kappa shape index (κ3) is 4.14. The van der Waals surface area contributed by atoms with Crippen LogP contribution in [0.3, 0.4) is 0 Å². The summed E-state index contributed by atoms with van der Waals surface area (Å²) in [7, 11) is 0. The summed E-state index contributed by atoms with van der Waals surface area (Å²) in [4.78, 5) is 22.8. The first-order valence-electron chi connectivity index (χ1n) is 6.25. The number of carbonyl (C=O) groups is 2. The molecule has 0 N–H and O–H groups in total. The Kier molecular flexibility index (Phi) is 4.66. The van der Waals surface area contributed by atoms with E-state index in [9.17, 15) is 14.0 Å². The van der Waals surface area contributed by atoms with E-state index in [1.165, 1.54) is 31.2 Å². The first kappa shape index (κ1) is 14.7. The van der Waals surface area contributed by atoms with Crippen molar-refractivity contribution in [1.29, 1.82) is 0 Å². The average Bonchev–Trinajstić information content (AvgIpc) is 2.48. The van der Waals surface area contributed by atoms with E-state index in [1.807, 2.05) is 0 Å². The maximum Gasteiger partial charge on any atom is 0.349 e. The van der Waals surface area contributed by atoms with Gasteiger partial charge in [-0.3, -0.25) is 4.79 Å². The van der Waals surface area contributed by atoms with Crippen molar-refractivity contribution in [1.82, 2.24) is 0 Å². The Morgan fingerprint density at radius 2 is 1.86 bits per heavy atom. The molecular formula is C16H13FO4. The van der Waals surface area contributed by atoms with Crippen LogP contribution in [0, 0.1) is 5.82 Å². The number of carbonyl (C=O) groups excluding carboxylic acids is 2. The van der Waals surface area contributed by atoms with Gasteiger partial charge < -0.3 is 9.47 Å². The zero-order valence-electron chi connectivity index (χ0n) is 11.3. The number of ketones is 1. The van der Waals surface area contributed by atoms with Gasteiger partial charge in [0, 0.05) is 5.56 Å². The molecule has 0 spiro atoms. The minimum Gasteiger partial charge on any atom is -0.482 e. The summed E-state index contributed by atoms with van der Waals surface area (Å²) < 4.78 is 23.4. The molecule has 2 aromatic rings. The lowest BCUT2D eigenvalue weighted by Gasteiger charge is -2.08. The molecule has 0 amide bonds. The van der Waals surface area contributed by atoms with E-state index in [-0.39, 0.29) is 18.1 Å². The lowest BCUT2D eigenvalue weighted by atomic mass is 10.1. The van der Waals surface area contributed by atoms with Crippen LogP contribution < -0.4 is 9.47 Å². The molecule has 2 rings (SSSR count). The number of rotatable bonds is 5. The second-order valence-electron chi connectivity index (χ2n) is 4.28. The molecule has 0 radical (unpaired) electrons. The maximum atomic E-state index is 13.3. The number of hydrogen-bond acceptors (Lipinski definition) is 4. The van der Waals surface area contributed by atoms with Crippen LogP contribution in [0.4, 0.5) is 4.39 Å². The van der Waals surface area contributed by atoms with Crippen LogP contribution in [-0.2, 0) is 4.79 Å². The molecule has 0 unspecified atom stereocenters. The largest absolute Gasteiger partial charge is 0.482 e. The van der Waals surface area contributed by atoms with Gasteiger partial charge in [0.25, 0.3) is 0 Å². The molecule has 0 aliphatic heterocycles. The predicted molar refractivity (Wildman–Crippen MR) is 74.0 cm³/mol. The average molecular weight is 288 g/mol. The number of hydrogen-bond donors (Lipinski definition) is 0. The van der Waals surface area contributed by atoms with Crippen LogP contribution in [0.2, 0.25) is 0 Å². The molecule has 0 heterocycles. The summed E-state index contributed by atoms with van der Waals surface area (Å²) in [5.74, 6) is -1.23.